The molecule has 0 radical (unpaired) electrons. The van der Waals surface area contributed by atoms with E-state index in [2.05, 4.69) is 22.0 Å². The fourth-order valence-corrected chi connectivity index (χ4v) is 5.04. The average Bonchev–Trinajstić information content (AvgIpc) is 3.35. The van der Waals surface area contributed by atoms with Gasteiger partial charge in [0.25, 0.3) is 5.91 Å². The van der Waals surface area contributed by atoms with Crippen molar-refractivity contribution in [1.29, 1.82) is 0 Å². The van der Waals surface area contributed by atoms with E-state index in [0.717, 1.165) is 17.7 Å². The molecule has 5 rings (SSSR count). The van der Waals surface area contributed by atoms with Crippen LogP contribution in [0.25, 0.3) is 0 Å². The molecule has 4 aliphatic rings. The van der Waals surface area contributed by atoms with Crippen molar-refractivity contribution < 1.29 is 14.4 Å². The van der Waals surface area contributed by atoms with Gasteiger partial charge in [-0.2, -0.15) is 0 Å². The first-order chi connectivity index (χ1) is 13.1. The second kappa shape index (κ2) is 6.42. The SMILES string of the molecule is O=C1CCC(N2Cc3cc(CN[C@@H]4C[C@@H]5CC[C@H]4N5)ccc3C2=O)C(=O)N1. The second-order valence-electron chi connectivity index (χ2n) is 8.16. The first kappa shape index (κ1) is 16.9. The molecule has 142 valence electrons. The van der Waals surface area contributed by atoms with Crippen molar-refractivity contribution in [3.05, 3.63) is 34.9 Å². The van der Waals surface area contributed by atoms with Crippen LogP contribution in [0.2, 0.25) is 0 Å². The zero-order valence-electron chi connectivity index (χ0n) is 15.2. The fraction of sp³-hybridized carbons (Fsp3) is 0.550. The van der Waals surface area contributed by atoms with Crippen LogP contribution in [0, 0.1) is 0 Å². The third kappa shape index (κ3) is 2.95. The van der Waals surface area contributed by atoms with E-state index >= 15 is 0 Å². The molecule has 1 aromatic rings. The molecule has 1 aromatic carbocycles. The molecular formula is C20H24N4O3. The number of hydrogen-bond acceptors (Lipinski definition) is 5. The molecule has 4 heterocycles. The Labute approximate surface area is 157 Å². The number of benzene rings is 1. The smallest absolute Gasteiger partial charge is 0.255 e. The number of imide groups is 1. The van der Waals surface area contributed by atoms with E-state index < -0.39 is 6.04 Å². The van der Waals surface area contributed by atoms with Gasteiger partial charge in [-0.05, 0) is 42.9 Å². The van der Waals surface area contributed by atoms with Crippen LogP contribution in [0.4, 0.5) is 0 Å². The molecule has 3 N–H and O–H groups in total. The second-order valence-corrected chi connectivity index (χ2v) is 8.16. The third-order valence-corrected chi connectivity index (χ3v) is 6.46. The minimum absolute atomic E-state index is 0.115. The number of fused-ring (bicyclic) bond motifs is 3. The minimum Gasteiger partial charge on any atom is -0.322 e. The molecule has 2 bridgehead atoms. The molecule has 0 aromatic heterocycles. The van der Waals surface area contributed by atoms with Crippen molar-refractivity contribution in [2.24, 2.45) is 0 Å². The van der Waals surface area contributed by atoms with Gasteiger partial charge in [-0.15, -0.1) is 0 Å². The van der Waals surface area contributed by atoms with Gasteiger partial charge in [0.05, 0.1) is 0 Å². The van der Waals surface area contributed by atoms with Crippen LogP contribution in [0.5, 0.6) is 0 Å². The Morgan fingerprint density at radius 3 is 2.78 bits per heavy atom. The van der Waals surface area contributed by atoms with Crippen LogP contribution < -0.4 is 16.0 Å². The van der Waals surface area contributed by atoms with E-state index in [0.29, 0.717) is 36.7 Å². The van der Waals surface area contributed by atoms with E-state index in [9.17, 15) is 14.4 Å². The summed E-state index contributed by atoms with van der Waals surface area (Å²) < 4.78 is 0. The summed E-state index contributed by atoms with van der Waals surface area (Å²) in [6.45, 7) is 1.22. The van der Waals surface area contributed by atoms with Gasteiger partial charge in [0.15, 0.2) is 0 Å². The molecule has 7 nitrogen and oxygen atoms in total. The number of nitrogens with zero attached hydrogens (tertiary/aromatic N) is 1. The molecule has 0 aliphatic carbocycles. The minimum atomic E-state index is -0.552. The predicted molar refractivity (Wildman–Crippen MR) is 97.7 cm³/mol. The maximum atomic E-state index is 12.7. The lowest BCUT2D eigenvalue weighted by molar-refractivity contribution is -0.136. The number of amides is 3. The summed E-state index contributed by atoms with van der Waals surface area (Å²) in [4.78, 5) is 37.8. The summed E-state index contributed by atoms with van der Waals surface area (Å²) in [5.74, 6) is -0.738. The maximum absolute atomic E-state index is 12.7. The van der Waals surface area contributed by atoms with Crippen molar-refractivity contribution >= 4 is 17.7 Å². The molecule has 3 fully saturated rings. The van der Waals surface area contributed by atoms with E-state index in [1.807, 2.05) is 12.1 Å². The van der Waals surface area contributed by atoms with Gasteiger partial charge >= 0.3 is 0 Å². The van der Waals surface area contributed by atoms with Crippen molar-refractivity contribution in [3.63, 3.8) is 0 Å². The Kier molecular flexibility index (Phi) is 4.02. The van der Waals surface area contributed by atoms with E-state index in [1.165, 1.54) is 19.3 Å². The molecule has 7 heteroatoms. The average molecular weight is 368 g/mol. The maximum Gasteiger partial charge on any atom is 0.255 e. The van der Waals surface area contributed by atoms with Crippen LogP contribution in [0.1, 0.15) is 53.6 Å². The van der Waals surface area contributed by atoms with Gasteiger partial charge in [0.1, 0.15) is 6.04 Å². The van der Waals surface area contributed by atoms with Crippen LogP contribution in [-0.4, -0.2) is 46.8 Å². The van der Waals surface area contributed by atoms with E-state index in [1.54, 1.807) is 4.90 Å². The highest BCUT2D eigenvalue weighted by molar-refractivity contribution is 6.05. The summed E-state index contributed by atoms with van der Waals surface area (Å²) >= 11 is 0. The summed E-state index contributed by atoms with van der Waals surface area (Å²) in [7, 11) is 0. The Balaban J connectivity index is 1.26. The highest BCUT2D eigenvalue weighted by Gasteiger charge is 2.40. The van der Waals surface area contributed by atoms with Gasteiger partial charge in [-0.1, -0.05) is 12.1 Å². The quantitative estimate of drug-likeness (QED) is 0.671. The first-order valence-corrected chi connectivity index (χ1v) is 9.84. The van der Waals surface area contributed by atoms with Crippen molar-refractivity contribution in [3.8, 4) is 0 Å². The Morgan fingerprint density at radius 2 is 2.04 bits per heavy atom. The number of carbonyl (C=O) groups excluding carboxylic acids is 3. The summed E-state index contributed by atoms with van der Waals surface area (Å²) in [5, 5.41) is 9.63. The van der Waals surface area contributed by atoms with E-state index in [4.69, 9.17) is 0 Å². The molecule has 4 atom stereocenters. The third-order valence-electron chi connectivity index (χ3n) is 6.46. The molecule has 3 amide bonds. The number of nitrogens with one attached hydrogen (secondary N) is 3. The first-order valence-electron chi connectivity index (χ1n) is 9.84. The largest absolute Gasteiger partial charge is 0.322 e. The highest BCUT2D eigenvalue weighted by atomic mass is 16.2. The summed E-state index contributed by atoms with van der Waals surface area (Å²) in [5.41, 5.74) is 2.80. The molecule has 4 aliphatic heterocycles. The summed E-state index contributed by atoms with van der Waals surface area (Å²) in [6.07, 6.45) is 4.42. The van der Waals surface area contributed by atoms with Crippen molar-refractivity contribution in [2.75, 3.05) is 0 Å². The van der Waals surface area contributed by atoms with Gasteiger partial charge in [0, 0.05) is 43.2 Å². The standard InChI is InChI=1S/C20H24N4O3/c25-18-6-5-17(19(26)23-18)24-10-12-7-11(1-3-14(12)20(24)27)9-21-16-8-13-2-4-15(16)22-13/h1,3,7,13,15-17,21-22H,2,4-6,8-10H2,(H,23,25,26)/t13-,15+,16+,17?/m0/s1. The molecular weight excluding hydrogens is 344 g/mol. The zero-order valence-corrected chi connectivity index (χ0v) is 15.2. The summed E-state index contributed by atoms with van der Waals surface area (Å²) in [6, 6.07) is 7.19. The number of piperidine rings is 1. The number of hydrogen-bond donors (Lipinski definition) is 3. The van der Waals surface area contributed by atoms with Crippen LogP contribution >= 0.6 is 0 Å². The van der Waals surface area contributed by atoms with Gasteiger partial charge in [0.2, 0.25) is 11.8 Å². The Bertz CT molecular complexity index is 823. The lowest BCUT2D eigenvalue weighted by Gasteiger charge is -2.29. The monoisotopic (exact) mass is 368 g/mol. The van der Waals surface area contributed by atoms with Crippen LogP contribution in [0.3, 0.4) is 0 Å². The Morgan fingerprint density at radius 1 is 1.15 bits per heavy atom. The number of carbonyl (C=O) groups is 3. The predicted octanol–water partition coefficient (Wildman–Crippen LogP) is 0.430. The topological polar surface area (TPSA) is 90.5 Å². The Hall–Kier alpha value is -2.25. The molecule has 27 heavy (non-hydrogen) atoms. The van der Waals surface area contributed by atoms with Crippen LogP contribution in [0.15, 0.2) is 18.2 Å². The lowest BCUT2D eigenvalue weighted by atomic mass is 9.95. The molecule has 0 saturated carbocycles. The van der Waals surface area contributed by atoms with E-state index in [-0.39, 0.29) is 24.1 Å². The highest BCUT2D eigenvalue weighted by Crippen LogP contribution is 2.30. The molecule has 0 spiro atoms. The van der Waals surface area contributed by atoms with Gasteiger partial charge < -0.3 is 15.5 Å². The van der Waals surface area contributed by atoms with Crippen molar-refractivity contribution in [2.45, 2.75) is 69.4 Å². The van der Waals surface area contributed by atoms with Crippen molar-refractivity contribution in [1.82, 2.24) is 20.9 Å². The fourth-order valence-electron chi connectivity index (χ4n) is 5.04. The number of rotatable bonds is 4. The molecule has 1 unspecified atom stereocenters. The normalized spacial score (nSPS) is 32.1. The van der Waals surface area contributed by atoms with Gasteiger partial charge in [-0.25, -0.2) is 0 Å². The van der Waals surface area contributed by atoms with Gasteiger partial charge in [-0.3, -0.25) is 19.7 Å². The molecule has 3 saturated heterocycles. The lowest BCUT2D eigenvalue weighted by Crippen LogP contribution is -2.52. The van der Waals surface area contributed by atoms with Crippen LogP contribution in [-0.2, 0) is 22.7 Å². The zero-order chi connectivity index (χ0) is 18.5.